The van der Waals surface area contributed by atoms with Gasteiger partial charge in [-0.05, 0) is 17.7 Å². The van der Waals surface area contributed by atoms with Crippen LogP contribution in [0.25, 0.3) is 0 Å². The number of rotatable bonds is 2. The minimum absolute atomic E-state index is 0.00749. The number of amides is 2. The molecule has 0 bridgehead atoms. The van der Waals surface area contributed by atoms with Crippen molar-refractivity contribution in [3.63, 3.8) is 0 Å². The monoisotopic (exact) mass is 247 g/mol. The summed E-state index contributed by atoms with van der Waals surface area (Å²) in [7, 11) is 1.75. The number of piperazine rings is 1. The molecule has 2 N–H and O–H groups in total. The fourth-order valence-electron chi connectivity index (χ4n) is 1.89. The average Bonchev–Trinajstić information content (AvgIpc) is 2.35. The van der Waals surface area contributed by atoms with Gasteiger partial charge in [0.2, 0.25) is 11.8 Å². The zero-order valence-corrected chi connectivity index (χ0v) is 10.4. The van der Waals surface area contributed by atoms with Crippen molar-refractivity contribution in [2.24, 2.45) is 0 Å². The number of carbonyl (C=O) groups excluding carboxylic acids is 2. The number of carbonyl (C=O) groups is 2. The van der Waals surface area contributed by atoms with Gasteiger partial charge < -0.3 is 15.5 Å². The molecular formula is C13H17N3O2. The fraction of sp³-hybridized carbons (Fsp3) is 0.385. The van der Waals surface area contributed by atoms with Gasteiger partial charge in [0, 0.05) is 25.8 Å². The number of nitrogens with zero attached hydrogens (tertiary/aromatic N) is 2. The van der Waals surface area contributed by atoms with Crippen molar-refractivity contribution < 1.29 is 9.59 Å². The van der Waals surface area contributed by atoms with Gasteiger partial charge in [-0.15, -0.1) is 0 Å². The summed E-state index contributed by atoms with van der Waals surface area (Å²) in [5.74, 6) is -0.0203. The van der Waals surface area contributed by atoms with Gasteiger partial charge in [-0.25, -0.2) is 0 Å². The minimum atomic E-state index is -0.0128. The smallest absolute Gasteiger partial charge is 0.241 e. The third-order valence-corrected chi connectivity index (χ3v) is 3.14. The molecule has 0 spiro atoms. The topological polar surface area (TPSA) is 66.6 Å². The molecule has 0 radical (unpaired) electrons. The highest BCUT2D eigenvalue weighted by Gasteiger charge is 2.24. The molecule has 18 heavy (non-hydrogen) atoms. The van der Waals surface area contributed by atoms with Crippen molar-refractivity contribution in [3.05, 3.63) is 29.8 Å². The molecule has 2 rings (SSSR count). The highest BCUT2D eigenvalue weighted by molar-refractivity contribution is 5.86. The molecule has 1 aromatic carbocycles. The molecule has 1 aliphatic heterocycles. The number of likely N-dealkylation sites (N-methyl/N-ethyl adjacent to an activating group) is 1. The first-order valence-corrected chi connectivity index (χ1v) is 5.92. The van der Waals surface area contributed by atoms with Crippen LogP contribution in [0.2, 0.25) is 0 Å². The highest BCUT2D eigenvalue weighted by atomic mass is 16.2. The summed E-state index contributed by atoms with van der Waals surface area (Å²) in [4.78, 5) is 26.8. The molecule has 2 amide bonds. The summed E-state index contributed by atoms with van der Waals surface area (Å²) in [6, 6.07) is 7.23. The fourth-order valence-corrected chi connectivity index (χ4v) is 1.89. The Kier molecular flexibility index (Phi) is 3.50. The summed E-state index contributed by atoms with van der Waals surface area (Å²) >= 11 is 0. The molecule has 96 valence electrons. The maximum atomic E-state index is 12.0. The van der Waals surface area contributed by atoms with Crippen LogP contribution in [0.5, 0.6) is 0 Å². The Balaban J connectivity index is 1.96. The van der Waals surface area contributed by atoms with Crippen molar-refractivity contribution in [2.45, 2.75) is 6.42 Å². The van der Waals surface area contributed by atoms with E-state index in [1.165, 1.54) is 0 Å². The lowest BCUT2D eigenvalue weighted by atomic mass is 10.1. The van der Waals surface area contributed by atoms with E-state index in [9.17, 15) is 9.59 Å². The average molecular weight is 247 g/mol. The summed E-state index contributed by atoms with van der Waals surface area (Å²) in [6.07, 6.45) is 0.317. The van der Waals surface area contributed by atoms with Crippen LogP contribution in [0.4, 0.5) is 5.69 Å². The number of nitrogens with two attached hydrogens (primary N) is 1. The summed E-state index contributed by atoms with van der Waals surface area (Å²) < 4.78 is 0. The first-order valence-electron chi connectivity index (χ1n) is 5.92. The third-order valence-electron chi connectivity index (χ3n) is 3.14. The zero-order chi connectivity index (χ0) is 13.1. The van der Waals surface area contributed by atoms with E-state index < -0.39 is 0 Å². The van der Waals surface area contributed by atoms with Crippen molar-refractivity contribution in [2.75, 3.05) is 32.4 Å². The van der Waals surface area contributed by atoms with Crippen LogP contribution >= 0.6 is 0 Å². The maximum absolute atomic E-state index is 12.0. The molecule has 0 unspecified atom stereocenters. The number of hydrogen-bond acceptors (Lipinski definition) is 3. The quantitative estimate of drug-likeness (QED) is 0.754. The van der Waals surface area contributed by atoms with Crippen molar-refractivity contribution in [1.82, 2.24) is 9.80 Å². The van der Waals surface area contributed by atoms with E-state index in [4.69, 9.17) is 5.73 Å². The summed E-state index contributed by atoms with van der Waals surface area (Å²) in [5, 5.41) is 0. The molecule has 0 saturated carbocycles. The molecule has 0 aromatic heterocycles. The maximum Gasteiger partial charge on any atom is 0.241 e. The van der Waals surface area contributed by atoms with Gasteiger partial charge in [0.05, 0.1) is 13.0 Å². The molecule has 1 saturated heterocycles. The Morgan fingerprint density at radius 2 is 1.94 bits per heavy atom. The second-order valence-corrected chi connectivity index (χ2v) is 4.55. The predicted molar refractivity (Wildman–Crippen MR) is 68.8 cm³/mol. The van der Waals surface area contributed by atoms with Crippen LogP contribution in [-0.2, 0) is 16.0 Å². The Morgan fingerprint density at radius 1 is 1.28 bits per heavy atom. The zero-order valence-electron chi connectivity index (χ0n) is 10.4. The normalized spacial score (nSPS) is 15.9. The summed E-state index contributed by atoms with van der Waals surface area (Å²) in [5.41, 5.74) is 7.19. The molecule has 5 heteroatoms. The van der Waals surface area contributed by atoms with Gasteiger partial charge in [-0.3, -0.25) is 9.59 Å². The van der Waals surface area contributed by atoms with Crippen LogP contribution in [0.15, 0.2) is 24.3 Å². The lowest BCUT2D eigenvalue weighted by Crippen LogP contribution is -2.51. The Hall–Kier alpha value is -2.04. The predicted octanol–water partition coefficient (Wildman–Crippen LogP) is 0.112. The SMILES string of the molecule is CN1CCN(C(=O)Cc2ccc(N)cc2)CC1=O. The second-order valence-electron chi connectivity index (χ2n) is 4.55. The second kappa shape index (κ2) is 5.08. The number of benzene rings is 1. The molecular weight excluding hydrogens is 230 g/mol. The van der Waals surface area contributed by atoms with Crippen LogP contribution in [0.3, 0.4) is 0 Å². The lowest BCUT2D eigenvalue weighted by Gasteiger charge is -2.32. The van der Waals surface area contributed by atoms with E-state index in [1.54, 1.807) is 29.0 Å². The van der Waals surface area contributed by atoms with E-state index >= 15 is 0 Å². The third kappa shape index (κ3) is 2.80. The molecule has 0 atom stereocenters. The van der Waals surface area contributed by atoms with Gasteiger partial charge in [-0.2, -0.15) is 0 Å². The van der Waals surface area contributed by atoms with Gasteiger partial charge in [0.25, 0.3) is 0 Å². The van der Waals surface area contributed by atoms with Crippen LogP contribution in [-0.4, -0.2) is 48.3 Å². The number of nitrogen functional groups attached to an aromatic ring is 1. The van der Waals surface area contributed by atoms with Gasteiger partial charge >= 0.3 is 0 Å². The van der Waals surface area contributed by atoms with Gasteiger partial charge in [0.1, 0.15) is 0 Å². The van der Waals surface area contributed by atoms with E-state index in [0.717, 1.165) is 5.56 Å². The minimum Gasteiger partial charge on any atom is -0.399 e. The van der Waals surface area contributed by atoms with Crippen LogP contribution in [0, 0.1) is 0 Å². The molecule has 5 nitrogen and oxygen atoms in total. The standard InChI is InChI=1S/C13H17N3O2/c1-15-6-7-16(9-13(15)18)12(17)8-10-2-4-11(14)5-3-10/h2-5H,6-9,14H2,1H3. The summed E-state index contributed by atoms with van der Waals surface area (Å²) in [6.45, 7) is 1.40. The van der Waals surface area contributed by atoms with E-state index in [0.29, 0.717) is 25.2 Å². The molecule has 1 aromatic rings. The Morgan fingerprint density at radius 3 is 2.56 bits per heavy atom. The first-order chi connectivity index (χ1) is 8.56. The van der Waals surface area contributed by atoms with Gasteiger partial charge in [-0.1, -0.05) is 12.1 Å². The first kappa shape index (κ1) is 12.4. The van der Waals surface area contributed by atoms with E-state index in [1.807, 2.05) is 12.1 Å². The Bertz CT molecular complexity index is 456. The number of hydrogen-bond donors (Lipinski definition) is 1. The molecule has 1 fully saturated rings. The van der Waals surface area contributed by atoms with Crippen molar-refractivity contribution in [1.29, 1.82) is 0 Å². The van der Waals surface area contributed by atoms with Crippen molar-refractivity contribution in [3.8, 4) is 0 Å². The van der Waals surface area contributed by atoms with Crippen molar-refractivity contribution >= 4 is 17.5 Å². The molecule has 1 aliphatic rings. The van der Waals surface area contributed by atoms with E-state index in [-0.39, 0.29) is 18.4 Å². The van der Waals surface area contributed by atoms with E-state index in [2.05, 4.69) is 0 Å². The molecule has 0 aliphatic carbocycles. The number of anilines is 1. The largest absolute Gasteiger partial charge is 0.399 e. The van der Waals surface area contributed by atoms with Crippen LogP contribution in [0.1, 0.15) is 5.56 Å². The Labute approximate surface area is 106 Å². The van der Waals surface area contributed by atoms with Gasteiger partial charge in [0.15, 0.2) is 0 Å². The lowest BCUT2D eigenvalue weighted by molar-refractivity contribution is -0.143. The molecule has 1 heterocycles. The van der Waals surface area contributed by atoms with Crippen LogP contribution < -0.4 is 5.73 Å². The highest BCUT2D eigenvalue weighted by Crippen LogP contribution is 2.09.